The van der Waals surface area contributed by atoms with Gasteiger partial charge >= 0.3 is 0 Å². The Morgan fingerprint density at radius 3 is 2.55 bits per heavy atom. The van der Waals surface area contributed by atoms with E-state index in [0.29, 0.717) is 19.6 Å². The van der Waals surface area contributed by atoms with Crippen LogP contribution in [0.2, 0.25) is 0 Å². The lowest BCUT2D eigenvalue weighted by Gasteiger charge is -2.23. The standard InChI is InChI=1S/C17H28N2O2.ClH/c1-15(18)10-11-17(20)19(13-14-21-2)12-6-9-16-7-4-3-5-8-16;/h3-5,7-8,15H,6,9-14,18H2,1-2H3;1H. The zero-order chi connectivity index (χ0) is 15.5. The highest BCUT2D eigenvalue weighted by molar-refractivity contribution is 5.85. The molecule has 0 aliphatic carbocycles. The third kappa shape index (κ3) is 9.03. The molecule has 1 unspecified atom stereocenters. The van der Waals surface area contributed by atoms with Gasteiger partial charge in [-0.3, -0.25) is 4.79 Å². The van der Waals surface area contributed by atoms with Gasteiger partial charge in [0.2, 0.25) is 5.91 Å². The molecule has 0 bridgehead atoms. The third-order valence-corrected chi connectivity index (χ3v) is 3.47. The highest BCUT2D eigenvalue weighted by atomic mass is 35.5. The first kappa shape index (κ1) is 20.9. The zero-order valence-corrected chi connectivity index (χ0v) is 14.5. The van der Waals surface area contributed by atoms with E-state index in [-0.39, 0.29) is 24.4 Å². The molecule has 1 atom stereocenters. The predicted molar refractivity (Wildman–Crippen MR) is 93.4 cm³/mol. The summed E-state index contributed by atoms with van der Waals surface area (Å²) < 4.78 is 5.09. The van der Waals surface area contributed by atoms with Crippen molar-refractivity contribution in [1.82, 2.24) is 4.90 Å². The Kier molecular flexibility index (Phi) is 11.8. The van der Waals surface area contributed by atoms with Crippen LogP contribution in [0.1, 0.15) is 31.7 Å². The summed E-state index contributed by atoms with van der Waals surface area (Å²) in [5, 5.41) is 0. The molecule has 1 aromatic rings. The average molecular weight is 329 g/mol. The summed E-state index contributed by atoms with van der Waals surface area (Å²) in [6, 6.07) is 10.4. The van der Waals surface area contributed by atoms with Crippen LogP contribution in [0.3, 0.4) is 0 Å². The van der Waals surface area contributed by atoms with E-state index in [1.807, 2.05) is 30.0 Å². The molecule has 0 saturated heterocycles. The van der Waals surface area contributed by atoms with Crippen LogP contribution in [0, 0.1) is 0 Å². The Morgan fingerprint density at radius 1 is 1.27 bits per heavy atom. The Balaban J connectivity index is 0.00000441. The van der Waals surface area contributed by atoms with Crippen LogP contribution in [-0.2, 0) is 16.0 Å². The maximum Gasteiger partial charge on any atom is 0.222 e. The molecular formula is C17H29ClN2O2. The van der Waals surface area contributed by atoms with Gasteiger partial charge < -0.3 is 15.4 Å². The molecule has 4 nitrogen and oxygen atoms in total. The number of aryl methyl sites for hydroxylation is 1. The Hall–Kier alpha value is -1.10. The second kappa shape index (κ2) is 12.4. The lowest BCUT2D eigenvalue weighted by atomic mass is 10.1. The Morgan fingerprint density at radius 2 is 1.95 bits per heavy atom. The quantitative estimate of drug-likeness (QED) is 0.718. The van der Waals surface area contributed by atoms with Gasteiger partial charge in [0.05, 0.1) is 6.61 Å². The van der Waals surface area contributed by atoms with Gasteiger partial charge in [-0.1, -0.05) is 30.3 Å². The molecule has 0 aromatic heterocycles. The molecule has 126 valence electrons. The number of rotatable bonds is 10. The molecule has 22 heavy (non-hydrogen) atoms. The van der Waals surface area contributed by atoms with Gasteiger partial charge in [0.15, 0.2) is 0 Å². The van der Waals surface area contributed by atoms with E-state index in [1.54, 1.807) is 7.11 Å². The topological polar surface area (TPSA) is 55.6 Å². The van der Waals surface area contributed by atoms with Crippen molar-refractivity contribution in [3.8, 4) is 0 Å². The predicted octanol–water partition coefficient (Wildman–Crippen LogP) is 2.64. The molecule has 5 heteroatoms. The molecule has 0 fully saturated rings. The third-order valence-electron chi connectivity index (χ3n) is 3.47. The number of hydrogen-bond acceptors (Lipinski definition) is 3. The number of halogens is 1. The van der Waals surface area contributed by atoms with Crippen molar-refractivity contribution in [2.24, 2.45) is 5.73 Å². The van der Waals surface area contributed by atoms with Crippen LogP contribution in [0.25, 0.3) is 0 Å². The summed E-state index contributed by atoms with van der Waals surface area (Å²) >= 11 is 0. The largest absolute Gasteiger partial charge is 0.383 e. The molecular weight excluding hydrogens is 300 g/mol. The zero-order valence-electron chi connectivity index (χ0n) is 13.7. The minimum atomic E-state index is 0. The second-order valence-corrected chi connectivity index (χ2v) is 5.48. The molecule has 1 rings (SSSR count). The fourth-order valence-corrected chi connectivity index (χ4v) is 2.19. The number of nitrogens with two attached hydrogens (primary N) is 1. The molecule has 0 aliphatic heterocycles. The second-order valence-electron chi connectivity index (χ2n) is 5.48. The average Bonchev–Trinajstić information content (AvgIpc) is 2.49. The van der Waals surface area contributed by atoms with Gasteiger partial charge in [0.1, 0.15) is 0 Å². The normalized spacial score (nSPS) is 11.6. The van der Waals surface area contributed by atoms with E-state index in [2.05, 4.69) is 12.1 Å². The summed E-state index contributed by atoms with van der Waals surface area (Å²) in [5.74, 6) is 0.178. The monoisotopic (exact) mass is 328 g/mol. The number of ether oxygens (including phenoxy) is 1. The summed E-state index contributed by atoms with van der Waals surface area (Å²) in [4.78, 5) is 14.1. The number of amides is 1. The Bertz CT molecular complexity index is 399. The van der Waals surface area contributed by atoms with Crippen molar-refractivity contribution in [1.29, 1.82) is 0 Å². The number of methoxy groups -OCH3 is 1. The van der Waals surface area contributed by atoms with Crippen molar-refractivity contribution < 1.29 is 9.53 Å². The fourth-order valence-electron chi connectivity index (χ4n) is 2.19. The maximum atomic E-state index is 12.2. The highest BCUT2D eigenvalue weighted by Crippen LogP contribution is 2.06. The summed E-state index contributed by atoms with van der Waals surface area (Å²) in [7, 11) is 1.66. The fraction of sp³-hybridized carbons (Fsp3) is 0.588. The molecule has 1 amide bonds. The van der Waals surface area contributed by atoms with Gasteiger partial charge in [-0.2, -0.15) is 0 Å². The smallest absolute Gasteiger partial charge is 0.222 e. The number of carbonyl (C=O) groups excluding carboxylic acids is 1. The van der Waals surface area contributed by atoms with E-state index >= 15 is 0 Å². The highest BCUT2D eigenvalue weighted by Gasteiger charge is 2.13. The number of hydrogen-bond donors (Lipinski definition) is 1. The summed E-state index contributed by atoms with van der Waals surface area (Å²) in [5.41, 5.74) is 7.03. The summed E-state index contributed by atoms with van der Waals surface area (Å²) in [6.45, 7) is 3.94. The molecule has 1 aromatic carbocycles. The van der Waals surface area contributed by atoms with Gasteiger partial charge in [0, 0.05) is 32.7 Å². The van der Waals surface area contributed by atoms with Crippen molar-refractivity contribution >= 4 is 18.3 Å². The minimum absolute atomic E-state index is 0. The van der Waals surface area contributed by atoms with Crippen LogP contribution in [0.4, 0.5) is 0 Å². The lowest BCUT2D eigenvalue weighted by molar-refractivity contribution is -0.132. The lowest BCUT2D eigenvalue weighted by Crippen LogP contribution is -2.35. The van der Waals surface area contributed by atoms with E-state index in [9.17, 15) is 4.79 Å². The van der Waals surface area contributed by atoms with Crippen LogP contribution in [-0.4, -0.2) is 43.7 Å². The van der Waals surface area contributed by atoms with Crippen molar-refractivity contribution in [3.63, 3.8) is 0 Å². The minimum Gasteiger partial charge on any atom is -0.383 e. The first-order valence-corrected chi connectivity index (χ1v) is 7.69. The molecule has 0 radical (unpaired) electrons. The van der Waals surface area contributed by atoms with Crippen LogP contribution in [0.5, 0.6) is 0 Å². The van der Waals surface area contributed by atoms with Gasteiger partial charge in [-0.15, -0.1) is 12.4 Å². The molecule has 0 aliphatic rings. The molecule has 0 saturated carbocycles. The summed E-state index contributed by atoms with van der Waals surface area (Å²) in [6.07, 6.45) is 3.22. The van der Waals surface area contributed by atoms with E-state index in [4.69, 9.17) is 10.5 Å². The van der Waals surface area contributed by atoms with E-state index in [1.165, 1.54) is 5.56 Å². The first-order valence-electron chi connectivity index (χ1n) is 7.69. The Labute approximate surface area is 140 Å². The number of carbonyl (C=O) groups is 1. The van der Waals surface area contributed by atoms with Crippen molar-refractivity contribution in [3.05, 3.63) is 35.9 Å². The first-order chi connectivity index (χ1) is 10.1. The van der Waals surface area contributed by atoms with Crippen molar-refractivity contribution in [2.75, 3.05) is 26.8 Å². The molecule has 2 N–H and O–H groups in total. The maximum absolute atomic E-state index is 12.2. The van der Waals surface area contributed by atoms with Gasteiger partial charge in [0.25, 0.3) is 0 Å². The molecule has 0 spiro atoms. The van der Waals surface area contributed by atoms with Crippen LogP contribution >= 0.6 is 12.4 Å². The van der Waals surface area contributed by atoms with Crippen LogP contribution in [0.15, 0.2) is 30.3 Å². The van der Waals surface area contributed by atoms with Gasteiger partial charge in [-0.25, -0.2) is 0 Å². The van der Waals surface area contributed by atoms with Crippen molar-refractivity contribution in [2.45, 2.75) is 38.6 Å². The van der Waals surface area contributed by atoms with E-state index in [0.717, 1.165) is 25.8 Å². The van der Waals surface area contributed by atoms with E-state index < -0.39 is 0 Å². The SMILES string of the molecule is COCCN(CCCc1ccccc1)C(=O)CCC(C)N.Cl. The molecule has 0 heterocycles. The van der Waals surface area contributed by atoms with Crippen LogP contribution < -0.4 is 5.73 Å². The number of nitrogens with zero attached hydrogens (tertiary/aromatic N) is 1. The van der Waals surface area contributed by atoms with Gasteiger partial charge in [-0.05, 0) is 31.7 Å². The number of benzene rings is 1.